The van der Waals surface area contributed by atoms with E-state index in [0.717, 1.165) is 41.8 Å². The van der Waals surface area contributed by atoms with Crippen molar-refractivity contribution < 1.29 is 4.52 Å². The van der Waals surface area contributed by atoms with Crippen molar-refractivity contribution in [2.24, 2.45) is 0 Å². The van der Waals surface area contributed by atoms with Gasteiger partial charge in [0.15, 0.2) is 5.82 Å². The lowest BCUT2D eigenvalue weighted by Gasteiger charge is -2.30. The minimum atomic E-state index is 0. The number of nitrogens with zero attached hydrogens (tertiary/aromatic N) is 4. The van der Waals surface area contributed by atoms with Crippen LogP contribution >= 0.6 is 12.4 Å². The van der Waals surface area contributed by atoms with E-state index < -0.39 is 0 Å². The Morgan fingerprint density at radius 2 is 2.08 bits per heavy atom. The van der Waals surface area contributed by atoms with Crippen LogP contribution < -0.4 is 5.32 Å². The molecule has 0 bridgehead atoms. The second-order valence-corrected chi connectivity index (χ2v) is 6.00. The number of pyridine rings is 1. The van der Waals surface area contributed by atoms with Gasteiger partial charge in [-0.25, -0.2) is 4.98 Å². The minimum Gasteiger partial charge on any atom is -0.332 e. The average molecular weight is 346 g/mol. The Bertz CT molecular complexity index is 850. The van der Waals surface area contributed by atoms with Crippen LogP contribution in [-0.4, -0.2) is 46.7 Å². The van der Waals surface area contributed by atoms with Crippen molar-refractivity contribution in [3.8, 4) is 11.6 Å². The van der Waals surface area contributed by atoms with E-state index >= 15 is 0 Å². The van der Waals surface area contributed by atoms with Gasteiger partial charge in [0.25, 0.3) is 5.89 Å². The van der Waals surface area contributed by atoms with Gasteiger partial charge in [0.1, 0.15) is 5.69 Å². The first-order valence-electron chi connectivity index (χ1n) is 7.84. The lowest BCUT2D eigenvalue weighted by molar-refractivity contribution is 0.190. The highest BCUT2D eigenvalue weighted by Crippen LogP contribution is 2.25. The van der Waals surface area contributed by atoms with Crippen LogP contribution in [0.25, 0.3) is 22.5 Å². The first kappa shape index (κ1) is 16.8. The maximum absolute atomic E-state index is 5.48. The summed E-state index contributed by atoms with van der Waals surface area (Å²) in [6.45, 7) is 4.87. The van der Waals surface area contributed by atoms with Crippen LogP contribution in [0.4, 0.5) is 0 Å². The number of piperazine rings is 1. The number of para-hydroxylation sites is 1. The van der Waals surface area contributed by atoms with E-state index in [1.165, 1.54) is 0 Å². The quantitative estimate of drug-likeness (QED) is 0.770. The van der Waals surface area contributed by atoms with E-state index in [9.17, 15) is 0 Å². The number of benzene rings is 1. The molecular formula is C17H20ClN5O. The number of aromatic nitrogens is 3. The van der Waals surface area contributed by atoms with Gasteiger partial charge in [-0.1, -0.05) is 23.4 Å². The summed E-state index contributed by atoms with van der Waals surface area (Å²) in [6, 6.07) is 10.2. The van der Waals surface area contributed by atoms with E-state index in [1.807, 2.05) is 24.3 Å². The van der Waals surface area contributed by atoms with Gasteiger partial charge < -0.3 is 9.84 Å². The molecule has 4 rings (SSSR count). The maximum atomic E-state index is 5.48. The van der Waals surface area contributed by atoms with Crippen LogP contribution in [0, 0.1) is 6.92 Å². The summed E-state index contributed by atoms with van der Waals surface area (Å²) in [4.78, 5) is 11.5. The topological polar surface area (TPSA) is 67.1 Å². The van der Waals surface area contributed by atoms with Crippen molar-refractivity contribution >= 4 is 23.3 Å². The Balaban J connectivity index is 0.00000169. The van der Waals surface area contributed by atoms with Crippen LogP contribution in [0.1, 0.15) is 17.4 Å². The zero-order valence-electron chi connectivity index (χ0n) is 13.7. The Labute approximate surface area is 146 Å². The summed E-state index contributed by atoms with van der Waals surface area (Å²) < 4.78 is 5.48. The molecule has 1 saturated heterocycles. The van der Waals surface area contributed by atoms with Gasteiger partial charge in [0.05, 0.1) is 11.6 Å². The summed E-state index contributed by atoms with van der Waals surface area (Å²) >= 11 is 0. The van der Waals surface area contributed by atoms with Crippen LogP contribution in [0.3, 0.4) is 0 Å². The smallest absolute Gasteiger partial charge is 0.276 e. The third-order valence-corrected chi connectivity index (χ3v) is 4.39. The molecule has 0 saturated carbocycles. The molecule has 1 atom stereocenters. The highest BCUT2D eigenvalue weighted by molar-refractivity contribution is 5.85. The zero-order valence-corrected chi connectivity index (χ0v) is 14.5. The van der Waals surface area contributed by atoms with E-state index in [0.29, 0.717) is 11.7 Å². The number of rotatable bonds is 2. The molecule has 1 aliphatic rings. The van der Waals surface area contributed by atoms with E-state index in [4.69, 9.17) is 4.52 Å². The van der Waals surface area contributed by atoms with Crippen molar-refractivity contribution in [1.82, 2.24) is 25.3 Å². The standard InChI is InChI=1S/C17H19N5O.ClH/c1-11-9-14(19-13-6-4-3-5-12(11)13)17-20-16(21-23-17)15-10-18-7-8-22(15)2;/h3-6,9,15,18H,7-8,10H2,1-2H3;1H. The highest BCUT2D eigenvalue weighted by atomic mass is 35.5. The number of likely N-dealkylation sites (N-methyl/N-ethyl adjacent to an activating group) is 1. The van der Waals surface area contributed by atoms with Crippen molar-refractivity contribution in [3.05, 3.63) is 41.7 Å². The monoisotopic (exact) mass is 345 g/mol. The maximum Gasteiger partial charge on any atom is 0.276 e. The predicted octanol–water partition coefficient (Wildman–Crippen LogP) is 2.59. The molecule has 126 valence electrons. The second-order valence-electron chi connectivity index (χ2n) is 6.00. The van der Waals surface area contributed by atoms with Gasteiger partial charge in [-0.2, -0.15) is 4.98 Å². The third kappa shape index (κ3) is 3.00. The largest absolute Gasteiger partial charge is 0.332 e. The fourth-order valence-corrected chi connectivity index (χ4v) is 3.03. The van der Waals surface area contributed by atoms with Gasteiger partial charge in [0, 0.05) is 25.0 Å². The van der Waals surface area contributed by atoms with Gasteiger partial charge in [0.2, 0.25) is 0 Å². The second kappa shape index (κ2) is 6.84. The van der Waals surface area contributed by atoms with Crippen molar-refractivity contribution in [1.29, 1.82) is 0 Å². The molecule has 0 aliphatic carbocycles. The van der Waals surface area contributed by atoms with Gasteiger partial charge in [-0.05, 0) is 31.7 Å². The van der Waals surface area contributed by atoms with E-state index in [2.05, 4.69) is 45.4 Å². The molecule has 1 aromatic carbocycles. The Morgan fingerprint density at radius 3 is 2.92 bits per heavy atom. The average Bonchev–Trinajstić information content (AvgIpc) is 3.05. The van der Waals surface area contributed by atoms with Crippen LogP contribution in [0.5, 0.6) is 0 Å². The van der Waals surface area contributed by atoms with E-state index in [-0.39, 0.29) is 18.4 Å². The summed E-state index contributed by atoms with van der Waals surface area (Å²) in [7, 11) is 2.08. The summed E-state index contributed by atoms with van der Waals surface area (Å²) in [5, 5.41) is 8.68. The molecule has 0 radical (unpaired) electrons. The molecule has 3 aromatic rings. The first-order valence-corrected chi connectivity index (χ1v) is 7.84. The summed E-state index contributed by atoms with van der Waals surface area (Å²) in [5.74, 6) is 1.19. The number of nitrogens with one attached hydrogen (secondary N) is 1. The van der Waals surface area contributed by atoms with Crippen LogP contribution in [0.2, 0.25) is 0 Å². The Morgan fingerprint density at radius 1 is 1.25 bits per heavy atom. The molecule has 2 aromatic heterocycles. The number of hydrogen-bond donors (Lipinski definition) is 1. The van der Waals surface area contributed by atoms with Crippen molar-refractivity contribution in [2.75, 3.05) is 26.7 Å². The fraction of sp³-hybridized carbons (Fsp3) is 0.353. The number of hydrogen-bond acceptors (Lipinski definition) is 6. The molecule has 0 amide bonds. The predicted molar refractivity (Wildman–Crippen MR) is 95.3 cm³/mol. The fourth-order valence-electron chi connectivity index (χ4n) is 3.03. The van der Waals surface area contributed by atoms with Crippen molar-refractivity contribution in [3.63, 3.8) is 0 Å². The molecule has 1 unspecified atom stereocenters. The first-order chi connectivity index (χ1) is 11.2. The number of halogens is 1. The Hall–Kier alpha value is -2.02. The van der Waals surface area contributed by atoms with Crippen LogP contribution in [0.15, 0.2) is 34.9 Å². The third-order valence-electron chi connectivity index (χ3n) is 4.39. The minimum absolute atomic E-state index is 0. The number of aryl methyl sites for hydroxylation is 1. The molecule has 7 heteroatoms. The van der Waals surface area contributed by atoms with Gasteiger partial charge in [-0.15, -0.1) is 12.4 Å². The molecule has 6 nitrogen and oxygen atoms in total. The Kier molecular flexibility index (Phi) is 4.80. The lowest BCUT2D eigenvalue weighted by Crippen LogP contribution is -2.44. The van der Waals surface area contributed by atoms with Gasteiger partial charge >= 0.3 is 0 Å². The zero-order chi connectivity index (χ0) is 15.8. The molecule has 1 aliphatic heterocycles. The summed E-state index contributed by atoms with van der Waals surface area (Å²) in [5.41, 5.74) is 2.83. The lowest BCUT2D eigenvalue weighted by atomic mass is 10.1. The molecule has 1 N–H and O–H groups in total. The SMILES string of the molecule is Cc1cc(-c2nc(C3CNCCN3C)no2)nc2ccccc12.Cl. The summed E-state index contributed by atoms with van der Waals surface area (Å²) in [6.07, 6.45) is 0. The molecule has 1 fully saturated rings. The molecule has 3 heterocycles. The molecule has 24 heavy (non-hydrogen) atoms. The van der Waals surface area contributed by atoms with Gasteiger partial charge in [-0.3, -0.25) is 4.90 Å². The molecule has 0 spiro atoms. The van der Waals surface area contributed by atoms with E-state index in [1.54, 1.807) is 0 Å². The number of fused-ring (bicyclic) bond motifs is 1. The van der Waals surface area contributed by atoms with Crippen molar-refractivity contribution in [2.45, 2.75) is 13.0 Å². The molecular weight excluding hydrogens is 326 g/mol. The normalized spacial score (nSPS) is 18.5. The highest BCUT2D eigenvalue weighted by Gasteiger charge is 2.25. The van der Waals surface area contributed by atoms with Crippen LogP contribution in [-0.2, 0) is 0 Å².